The van der Waals surface area contributed by atoms with Crippen LogP contribution in [0.2, 0.25) is 0 Å². The predicted octanol–water partition coefficient (Wildman–Crippen LogP) is 2.51. The molecule has 144 valence electrons. The van der Waals surface area contributed by atoms with E-state index in [2.05, 4.69) is 16.0 Å². The van der Waals surface area contributed by atoms with E-state index < -0.39 is 0 Å². The average molecular weight is 371 g/mol. The summed E-state index contributed by atoms with van der Waals surface area (Å²) in [4.78, 5) is 24.2. The zero-order valence-electron chi connectivity index (χ0n) is 15.6. The lowest BCUT2D eigenvalue weighted by Gasteiger charge is -2.10. The molecule has 0 fully saturated rings. The van der Waals surface area contributed by atoms with Gasteiger partial charge in [-0.25, -0.2) is 0 Å². The third-order valence-corrected chi connectivity index (χ3v) is 3.76. The zero-order chi connectivity index (χ0) is 19.5. The van der Waals surface area contributed by atoms with Crippen LogP contribution in [0.25, 0.3) is 0 Å². The van der Waals surface area contributed by atoms with Crippen molar-refractivity contribution in [1.29, 1.82) is 0 Å². The largest absolute Gasteiger partial charge is 0.497 e. The molecule has 0 aliphatic heterocycles. The fraction of sp³-hybridized carbons (Fsp3) is 0.300. The normalized spacial score (nSPS) is 10.1. The van der Waals surface area contributed by atoms with Gasteiger partial charge >= 0.3 is 0 Å². The number of methoxy groups -OCH3 is 2. The Labute approximate surface area is 159 Å². The number of anilines is 2. The Morgan fingerprint density at radius 2 is 1.78 bits per heavy atom. The summed E-state index contributed by atoms with van der Waals surface area (Å²) >= 11 is 0. The van der Waals surface area contributed by atoms with E-state index in [1.54, 1.807) is 56.7 Å². The van der Waals surface area contributed by atoms with E-state index in [1.165, 1.54) is 0 Å². The van der Waals surface area contributed by atoms with E-state index in [0.717, 1.165) is 12.2 Å². The molecule has 0 unspecified atom stereocenters. The number of hydrogen-bond donors (Lipinski definition) is 3. The monoisotopic (exact) mass is 371 g/mol. The molecule has 7 nitrogen and oxygen atoms in total. The summed E-state index contributed by atoms with van der Waals surface area (Å²) < 4.78 is 10.0. The highest BCUT2D eigenvalue weighted by molar-refractivity contribution is 5.96. The van der Waals surface area contributed by atoms with Gasteiger partial charge in [0.2, 0.25) is 5.91 Å². The maximum Gasteiger partial charge on any atom is 0.251 e. The number of ether oxygens (including phenoxy) is 2. The van der Waals surface area contributed by atoms with Crippen molar-refractivity contribution in [3.8, 4) is 5.75 Å². The van der Waals surface area contributed by atoms with Gasteiger partial charge < -0.3 is 25.4 Å². The molecule has 2 rings (SSSR count). The fourth-order valence-electron chi connectivity index (χ4n) is 2.35. The Morgan fingerprint density at radius 1 is 1.00 bits per heavy atom. The average Bonchev–Trinajstić information content (AvgIpc) is 2.70. The van der Waals surface area contributed by atoms with Gasteiger partial charge in [-0.3, -0.25) is 9.59 Å². The topological polar surface area (TPSA) is 88.7 Å². The molecule has 0 aliphatic rings. The Morgan fingerprint density at radius 3 is 2.48 bits per heavy atom. The molecule has 2 amide bonds. The third kappa shape index (κ3) is 6.99. The summed E-state index contributed by atoms with van der Waals surface area (Å²) in [7, 11) is 3.22. The molecule has 0 saturated carbocycles. The van der Waals surface area contributed by atoms with Gasteiger partial charge in [0.25, 0.3) is 5.91 Å². The first-order valence-corrected chi connectivity index (χ1v) is 8.67. The quantitative estimate of drug-likeness (QED) is 0.559. The highest BCUT2D eigenvalue weighted by Gasteiger charge is 2.07. The van der Waals surface area contributed by atoms with Gasteiger partial charge in [-0.15, -0.1) is 0 Å². The molecule has 0 aromatic heterocycles. The van der Waals surface area contributed by atoms with Gasteiger partial charge in [-0.05, 0) is 48.9 Å². The van der Waals surface area contributed by atoms with Gasteiger partial charge in [0, 0.05) is 37.2 Å². The van der Waals surface area contributed by atoms with Crippen molar-refractivity contribution in [1.82, 2.24) is 5.32 Å². The van der Waals surface area contributed by atoms with Crippen LogP contribution in [0.4, 0.5) is 11.4 Å². The zero-order valence-corrected chi connectivity index (χ0v) is 15.6. The molecule has 2 aromatic carbocycles. The van der Waals surface area contributed by atoms with Crippen LogP contribution in [0.5, 0.6) is 5.75 Å². The smallest absolute Gasteiger partial charge is 0.251 e. The lowest BCUT2D eigenvalue weighted by Crippen LogP contribution is -2.25. The standard InChI is InChI=1S/C20H25N3O4/c1-26-12-4-11-21-20(25)15-5-3-6-17(13-15)22-14-19(24)23-16-7-9-18(27-2)10-8-16/h3,5-10,13,22H,4,11-12,14H2,1-2H3,(H,21,25)(H,23,24). The summed E-state index contributed by atoms with van der Waals surface area (Å²) in [5.41, 5.74) is 1.92. The Kier molecular flexibility index (Phi) is 8.12. The summed E-state index contributed by atoms with van der Waals surface area (Å²) in [6, 6.07) is 14.1. The van der Waals surface area contributed by atoms with E-state index in [9.17, 15) is 9.59 Å². The van der Waals surface area contributed by atoms with E-state index in [0.29, 0.717) is 30.1 Å². The van der Waals surface area contributed by atoms with Crippen molar-refractivity contribution in [3.63, 3.8) is 0 Å². The number of benzene rings is 2. The number of amides is 2. The molecule has 0 atom stereocenters. The van der Waals surface area contributed by atoms with E-state index >= 15 is 0 Å². The maximum atomic E-state index is 12.1. The van der Waals surface area contributed by atoms with Crippen molar-refractivity contribution >= 4 is 23.2 Å². The van der Waals surface area contributed by atoms with Crippen LogP contribution in [0.3, 0.4) is 0 Å². The first-order chi connectivity index (χ1) is 13.1. The lowest BCUT2D eigenvalue weighted by molar-refractivity contribution is -0.114. The maximum absolute atomic E-state index is 12.1. The van der Waals surface area contributed by atoms with E-state index in [4.69, 9.17) is 9.47 Å². The van der Waals surface area contributed by atoms with Crippen molar-refractivity contribution in [2.75, 3.05) is 44.5 Å². The molecular weight excluding hydrogens is 346 g/mol. The molecule has 0 bridgehead atoms. The minimum absolute atomic E-state index is 0.0882. The molecule has 2 aromatic rings. The van der Waals surface area contributed by atoms with Gasteiger partial charge in [-0.1, -0.05) is 6.07 Å². The van der Waals surface area contributed by atoms with Crippen molar-refractivity contribution in [2.45, 2.75) is 6.42 Å². The van der Waals surface area contributed by atoms with E-state index in [1.807, 2.05) is 6.07 Å². The van der Waals surface area contributed by atoms with Crippen molar-refractivity contribution in [3.05, 3.63) is 54.1 Å². The number of nitrogens with one attached hydrogen (secondary N) is 3. The predicted molar refractivity (Wildman–Crippen MR) is 105 cm³/mol. The van der Waals surface area contributed by atoms with Gasteiger partial charge in [0.1, 0.15) is 5.75 Å². The Hall–Kier alpha value is -3.06. The number of hydrogen-bond acceptors (Lipinski definition) is 5. The van der Waals surface area contributed by atoms with Crippen LogP contribution in [0.15, 0.2) is 48.5 Å². The minimum Gasteiger partial charge on any atom is -0.497 e. The van der Waals surface area contributed by atoms with Crippen LogP contribution in [-0.4, -0.2) is 45.7 Å². The summed E-state index contributed by atoms with van der Waals surface area (Å²) in [6.07, 6.45) is 0.756. The van der Waals surface area contributed by atoms with Crippen LogP contribution >= 0.6 is 0 Å². The highest BCUT2D eigenvalue weighted by atomic mass is 16.5. The second-order valence-corrected chi connectivity index (χ2v) is 5.81. The second-order valence-electron chi connectivity index (χ2n) is 5.81. The highest BCUT2D eigenvalue weighted by Crippen LogP contribution is 2.15. The number of carbonyl (C=O) groups is 2. The van der Waals surface area contributed by atoms with E-state index in [-0.39, 0.29) is 18.4 Å². The Balaban J connectivity index is 1.82. The number of carbonyl (C=O) groups excluding carboxylic acids is 2. The van der Waals surface area contributed by atoms with Crippen LogP contribution in [-0.2, 0) is 9.53 Å². The van der Waals surface area contributed by atoms with Crippen molar-refractivity contribution < 1.29 is 19.1 Å². The fourth-order valence-corrected chi connectivity index (χ4v) is 2.35. The SMILES string of the molecule is COCCCNC(=O)c1cccc(NCC(=O)Nc2ccc(OC)cc2)c1. The summed E-state index contributed by atoms with van der Waals surface area (Å²) in [5.74, 6) is 0.385. The molecule has 0 saturated heterocycles. The minimum atomic E-state index is -0.186. The molecule has 0 spiro atoms. The first kappa shape index (κ1) is 20.3. The third-order valence-electron chi connectivity index (χ3n) is 3.76. The summed E-state index contributed by atoms with van der Waals surface area (Å²) in [5, 5.41) is 8.65. The molecule has 0 radical (unpaired) electrons. The van der Waals surface area contributed by atoms with Crippen LogP contribution in [0, 0.1) is 0 Å². The van der Waals surface area contributed by atoms with Crippen molar-refractivity contribution in [2.24, 2.45) is 0 Å². The van der Waals surface area contributed by atoms with Crippen LogP contribution < -0.4 is 20.7 Å². The molecule has 0 heterocycles. The summed E-state index contributed by atoms with van der Waals surface area (Å²) in [6.45, 7) is 1.24. The lowest BCUT2D eigenvalue weighted by atomic mass is 10.2. The Bertz CT molecular complexity index is 747. The molecule has 3 N–H and O–H groups in total. The van der Waals surface area contributed by atoms with Crippen LogP contribution in [0.1, 0.15) is 16.8 Å². The first-order valence-electron chi connectivity index (χ1n) is 8.67. The second kappa shape index (κ2) is 10.8. The molecule has 7 heteroatoms. The van der Waals surface area contributed by atoms with Gasteiger partial charge in [-0.2, -0.15) is 0 Å². The number of rotatable bonds is 10. The molecule has 27 heavy (non-hydrogen) atoms. The van der Waals surface area contributed by atoms with Gasteiger partial charge in [0.15, 0.2) is 0 Å². The van der Waals surface area contributed by atoms with Gasteiger partial charge in [0.05, 0.1) is 13.7 Å². The molecular formula is C20H25N3O4. The molecule has 0 aliphatic carbocycles.